The lowest BCUT2D eigenvalue weighted by Gasteiger charge is -1.87. The highest BCUT2D eigenvalue weighted by Gasteiger charge is 1.99. The van der Waals surface area contributed by atoms with Crippen molar-refractivity contribution in [1.82, 2.24) is 19.9 Å². The molecule has 6 heteroatoms. The van der Waals surface area contributed by atoms with Gasteiger partial charge in [-0.1, -0.05) is 12.2 Å². The van der Waals surface area contributed by atoms with Gasteiger partial charge in [-0.3, -0.25) is 0 Å². The molecule has 4 nitrogen and oxygen atoms in total. The molecule has 0 radical (unpaired) electrons. The van der Waals surface area contributed by atoms with Gasteiger partial charge in [0.2, 0.25) is 0 Å². The molecule has 2 heterocycles. The Balaban J connectivity index is 3.08. The van der Waals surface area contributed by atoms with Crippen LogP contribution < -0.4 is 0 Å². The van der Waals surface area contributed by atoms with Gasteiger partial charge in [0.1, 0.15) is 16.0 Å². The zero-order valence-corrected chi connectivity index (χ0v) is 7.90. The minimum atomic E-state index is 0.499. The summed E-state index contributed by atoms with van der Waals surface area (Å²) < 4.78 is 1.09. The van der Waals surface area contributed by atoms with Crippen LogP contribution in [-0.4, -0.2) is 19.9 Å². The Morgan fingerprint density at radius 3 is 2.67 bits per heavy atom. The quantitative estimate of drug-likeness (QED) is 0.567. The minimum Gasteiger partial charge on any atom is -0.338 e. The molecule has 0 spiro atoms. The van der Waals surface area contributed by atoms with Crippen molar-refractivity contribution in [3.63, 3.8) is 0 Å². The topological polar surface area (TPSA) is 60.3 Å². The van der Waals surface area contributed by atoms with Gasteiger partial charge in [0, 0.05) is 0 Å². The van der Waals surface area contributed by atoms with E-state index < -0.39 is 0 Å². The van der Waals surface area contributed by atoms with Crippen molar-refractivity contribution < 1.29 is 0 Å². The summed E-state index contributed by atoms with van der Waals surface area (Å²) in [5.74, 6) is 0.821. The molecule has 0 aliphatic rings. The van der Waals surface area contributed by atoms with Crippen LogP contribution in [0.3, 0.4) is 0 Å². The molecule has 2 aromatic heterocycles. The Kier molecular flexibility index (Phi) is 1.59. The Hall–Kier alpha value is -1.01. The van der Waals surface area contributed by atoms with Gasteiger partial charge < -0.3 is 15.0 Å². The predicted octanol–water partition coefficient (Wildman–Crippen LogP) is 1.99. The Labute approximate surface area is 78.1 Å². The molecule has 62 valence electrons. The lowest BCUT2D eigenvalue weighted by atomic mass is 10.6. The van der Waals surface area contributed by atoms with Crippen LogP contribution in [0.15, 0.2) is 0 Å². The first kappa shape index (κ1) is 7.63. The third-order valence-corrected chi connectivity index (χ3v) is 2.02. The van der Waals surface area contributed by atoms with Gasteiger partial charge in [0.25, 0.3) is 0 Å². The number of hydrogen-bond donors (Lipinski definition) is 3. The van der Waals surface area contributed by atoms with Crippen LogP contribution in [0.5, 0.6) is 0 Å². The summed E-state index contributed by atoms with van der Waals surface area (Å²) in [7, 11) is 0. The van der Waals surface area contributed by atoms with E-state index in [-0.39, 0.29) is 0 Å². The molecular formula is C6H6N4S2. The highest BCUT2D eigenvalue weighted by molar-refractivity contribution is 7.72. The van der Waals surface area contributed by atoms with E-state index in [2.05, 4.69) is 19.9 Å². The normalized spacial score (nSPS) is 10.8. The zero-order chi connectivity index (χ0) is 8.72. The van der Waals surface area contributed by atoms with Gasteiger partial charge in [-0.25, -0.2) is 4.98 Å². The average Bonchev–Trinajstić information content (AvgIpc) is 2.29. The number of aryl methyl sites for hydroxylation is 1. The molecular weight excluding hydrogens is 192 g/mol. The van der Waals surface area contributed by atoms with Crippen LogP contribution in [0.4, 0.5) is 0 Å². The van der Waals surface area contributed by atoms with Crippen molar-refractivity contribution >= 4 is 35.6 Å². The summed E-state index contributed by atoms with van der Waals surface area (Å²) in [6.45, 7) is 1.87. The lowest BCUT2D eigenvalue weighted by Crippen LogP contribution is -1.83. The number of hydrogen-bond acceptors (Lipinski definition) is 3. The molecule has 0 unspecified atom stereocenters. The predicted molar refractivity (Wildman–Crippen MR) is 51.2 cm³/mol. The van der Waals surface area contributed by atoms with Crippen molar-refractivity contribution in [2.45, 2.75) is 6.92 Å². The molecule has 2 rings (SSSR count). The van der Waals surface area contributed by atoms with E-state index in [0.29, 0.717) is 15.1 Å². The molecule has 0 aromatic carbocycles. The second-order valence-electron chi connectivity index (χ2n) is 2.45. The van der Waals surface area contributed by atoms with Crippen LogP contribution in [-0.2, 0) is 0 Å². The highest BCUT2D eigenvalue weighted by Crippen LogP contribution is 2.07. The maximum atomic E-state index is 5.04. The Bertz CT molecular complexity index is 532. The van der Waals surface area contributed by atoms with E-state index in [1.807, 2.05) is 6.92 Å². The molecule has 2 aromatic rings. The van der Waals surface area contributed by atoms with E-state index in [1.54, 1.807) is 0 Å². The summed E-state index contributed by atoms with van der Waals surface area (Å²) in [6.07, 6.45) is 0. The fourth-order valence-electron chi connectivity index (χ4n) is 1.05. The van der Waals surface area contributed by atoms with Gasteiger partial charge >= 0.3 is 0 Å². The molecule has 0 aliphatic heterocycles. The second-order valence-corrected chi connectivity index (χ2v) is 3.27. The van der Waals surface area contributed by atoms with Gasteiger partial charge in [-0.05, 0) is 19.1 Å². The summed E-state index contributed by atoms with van der Waals surface area (Å²) in [6, 6.07) is 0. The fourth-order valence-corrected chi connectivity index (χ4v) is 1.56. The molecule has 0 atom stereocenters. The van der Waals surface area contributed by atoms with Crippen LogP contribution in [0.1, 0.15) is 5.82 Å². The maximum Gasteiger partial charge on any atom is 0.177 e. The molecule has 0 fully saturated rings. The molecule has 0 amide bonds. The number of fused-ring (bicyclic) bond motifs is 1. The van der Waals surface area contributed by atoms with Crippen molar-refractivity contribution in [1.29, 1.82) is 0 Å². The second kappa shape index (κ2) is 2.49. The maximum absolute atomic E-state index is 5.04. The van der Waals surface area contributed by atoms with Gasteiger partial charge in [0.15, 0.2) is 10.4 Å². The molecule has 0 bridgehead atoms. The van der Waals surface area contributed by atoms with Crippen molar-refractivity contribution in [2.24, 2.45) is 0 Å². The first-order valence-electron chi connectivity index (χ1n) is 3.36. The number of aromatic amines is 3. The van der Waals surface area contributed by atoms with Crippen LogP contribution in [0, 0.1) is 16.3 Å². The van der Waals surface area contributed by atoms with Crippen LogP contribution in [0.25, 0.3) is 11.2 Å². The molecule has 3 N–H and O–H groups in total. The van der Waals surface area contributed by atoms with Crippen LogP contribution >= 0.6 is 24.4 Å². The number of H-pyrrole nitrogens is 3. The molecule has 12 heavy (non-hydrogen) atoms. The first-order valence-corrected chi connectivity index (χ1v) is 4.17. The molecule has 0 saturated heterocycles. The van der Waals surface area contributed by atoms with E-state index >= 15 is 0 Å². The van der Waals surface area contributed by atoms with Gasteiger partial charge in [0.05, 0.1) is 0 Å². The van der Waals surface area contributed by atoms with Crippen molar-refractivity contribution in [3.05, 3.63) is 15.2 Å². The van der Waals surface area contributed by atoms with E-state index in [1.165, 1.54) is 0 Å². The van der Waals surface area contributed by atoms with Crippen molar-refractivity contribution in [3.8, 4) is 0 Å². The van der Waals surface area contributed by atoms with Crippen LogP contribution in [0.2, 0.25) is 0 Å². The van der Waals surface area contributed by atoms with Gasteiger partial charge in [-0.15, -0.1) is 0 Å². The van der Waals surface area contributed by atoms with E-state index in [0.717, 1.165) is 11.3 Å². The smallest absolute Gasteiger partial charge is 0.177 e. The number of imidazole rings is 1. The number of aromatic nitrogens is 4. The third-order valence-electron chi connectivity index (χ3n) is 1.51. The summed E-state index contributed by atoms with van der Waals surface area (Å²) in [5, 5.41) is 0. The lowest BCUT2D eigenvalue weighted by molar-refractivity contribution is 1.14. The Morgan fingerprint density at radius 1 is 1.17 bits per heavy atom. The number of nitrogens with zero attached hydrogens (tertiary/aromatic N) is 1. The molecule has 0 saturated carbocycles. The summed E-state index contributed by atoms with van der Waals surface area (Å²) >= 11 is 9.95. The summed E-state index contributed by atoms with van der Waals surface area (Å²) in [4.78, 5) is 12.9. The SMILES string of the molecule is Cc1nc2[nH]c(=S)[nH]c(=S)c2[nH]1. The standard InChI is InChI=1S/C6H6N4S2/c1-2-7-3-4(8-2)9-6(12)10-5(3)11/h1H3,(H3,7,8,9,10,11,12). The highest BCUT2D eigenvalue weighted by atomic mass is 32.1. The largest absolute Gasteiger partial charge is 0.338 e. The fraction of sp³-hybridized carbons (Fsp3) is 0.167. The van der Waals surface area contributed by atoms with E-state index in [9.17, 15) is 0 Å². The van der Waals surface area contributed by atoms with Crippen molar-refractivity contribution in [2.75, 3.05) is 0 Å². The average molecular weight is 198 g/mol. The third kappa shape index (κ3) is 1.09. The number of rotatable bonds is 0. The van der Waals surface area contributed by atoms with E-state index in [4.69, 9.17) is 24.4 Å². The number of nitrogens with one attached hydrogen (secondary N) is 3. The Morgan fingerprint density at radius 2 is 1.92 bits per heavy atom. The molecule has 0 aliphatic carbocycles. The monoisotopic (exact) mass is 198 g/mol. The minimum absolute atomic E-state index is 0.499. The zero-order valence-electron chi connectivity index (χ0n) is 6.26. The first-order chi connectivity index (χ1) is 5.66. The van der Waals surface area contributed by atoms with Gasteiger partial charge in [-0.2, -0.15) is 0 Å². The summed E-state index contributed by atoms with van der Waals surface area (Å²) in [5.41, 5.74) is 1.51.